The van der Waals surface area contributed by atoms with Crippen molar-refractivity contribution in [2.75, 3.05) is 13.1 Å². The van der Waals surface area contributed by atoms with Gasteiger partial charge in [-0.1, -0.05) is 24.3 Å². The average Bonchev–Trinajstić information content (AvgIpc) is 3.53. The maximum atomic E-state index is 13.4. The van der Waals surface area contributed by atoms with Crippen LogP contribution in [0.1, 0.15) is 29.5 Å². The minimum atomic E-state index is 0.111. The first-order chi connectivity index (χ1) is 16.1. The fraction of sp³-hybridized carbons (Fsp3) is 0.207. The molecule has 1 aromatic heterocycles. The first kappa shape index (κ1) is 21.2. The van der Waals surface area contributed by atoms with Gasteiger partial charge in [-0.15, -0.1) is 6.58 Å². The van der Waals surface area contributed by atoms with Gasteiger partial charge in [0, 0.05) is 48.4 Å². The van der Waals surface area contributed by atoms with E-state index in [2.05, 4.69) is 40.3 Å². The number of phenolic OH excluding ortho intramolecular Hbond substituents is 1. The van der Waals surface area contributed by atoms with Gasteiger partial charge >= 0.3 is 0 Å². The molecule has 2 fully saturated rings. The molecule has 33 heavy (non-hydrogen) atoms. The van der Waals surface area contributed by atoms with Gasteiger partial charge in [-0.3, -0.25) is 9.69 Å². The molecule has 2 aromatic carbocycles. The highest BCUT2D eigenvalue weighted by Crippen LogP contribution is 2.33. The normalized spacial score (nSPS) is 19.3. The summed E-state index contributed by atoms with van der Waals surface area (Å²) >= 11 is 0. The molecule has 166 valence electrons. The van der Waals surface area contributed by atoms with Crippen molar-refractivity contribution in [3.8, 4) is 11.4 Å². The molecule has 0 unspecified atom stereocenters. The lowest BCUT2D eigenvalue weighted by molar-refractivity contribution is -0.113. The van der Waals surface area contributed by atoms with Crippen molar-refractivity contribution in [1.82, 2.24) is 9.47 Å². The lowest BCUT2D eigenvalue weighted by Gasteiger charge is -2.29. The van der Waals surface area contributed by atoms with Crippen LogP contribution in [0.2, 0.25) is 0 Å². The van der Waals surface area contributed by atoms with E-state index >= 15 is 0 Å². The highest BCUT2D eigenvalue weighted by Gasteiger charge is 2.35. The van der Waals surface area contributed by atoms with Gasteiger partial charge in [-0.25, -0.2) is 0 Å². The summed E-state index contributed by atoms with van der Waals surface area (Å²) in [5, 5.41) is 10.1. The summed E-state index contributed by atoms with van der Waals surface area (Å²) in [4.78, 5) is 15.8. The number of allylic oxidation sites excluding steroid dienone is 1. The fourth-order valence-corrected chi connectivity index (χ4v) is 4.43. The Labute approximate surface area is 194 Å². The zero-order valence-electron chi connectivity index (χ0n) is 18.7. The van der Waals surface area contributed by atoms with Crippen LogP contribution >= 0.6 is 0 Å². The summed E-state index contributed by atoms with van der Waals surface area (Å²) in [5.41, 5.74) is 5.52. The van der Waals surface area contributed by atoms with Crippen LogP contribution in [0.25, 0.3) is 17.8 Å². The maximum Gasteiger partial charge on any atom is 0.187 e. The maximum absolute atomic E-state index is 13.4. The summed E-state index contributed by atoms with van der Waals surface area (Å²) in [6.45, 7) is 5.13. The Morgan fingerprint density at radius 1 is 0.939 bits per heavy atom. The van der Waals surface area contributed by atoms with Crippen molar-refractivity contribution in [3.63, 3.8) is 0 Å². The number of nitrogens with zero attached hydrogens (tertiary/aromatic N) is 2. The van der Waals surface area contributed by atoms with E-state index in [4.69, 9.17) is 0 Å². The number of hydrogen-bond donors (Lipinski definition) is 1. The third kappa shape index (κ3) is 4.76. The number of ketones is 1. The quantitative estimate of drug-likeness (QED) is 0.414. The van der Waals surface area contributed by atoms with Gasteiger partial charge in [0.1, 0.15) is 5.75 Å². The number of phenols is 1. The number of likely N-dealkylation sites (tertiary alicyclic amines) is 1. The lowest BCUT2D eigenvalue weighted by Crippen LogP contribution is -2.39. The second-order valence-corrected chi connectivity index (χ2v) is 8.87. The van der Waals surface area contributed by atoms with Crippen molar-refractivity contribution in [3.05, 3.63) is 107 Å². The van der Waals surface area contributed by atoms with Crippen LogP contribution in [0, 0.1) is 0 Å². The van der Waals surface area contributed by atoms with Gasteiger partial charge in [0.25, 0.3) is 0 Å². The Bertz CT molecular complexity index is 1230. The van der Waals surface area contributed by atoms with E-state index in [9.17, 15) is 9.90 Å². The Kier molecular flexibility index (Phi) is 5.84. The second kappa shape index (κ2) is 9.08. The number of rotatable bonds is 6. The third-order valence-electron chi connectivity index (χ3n) is 6.34. The summed E-state index contributed by atoms with van der Waals surface area (Å²) < 4.78 is 2.07. The van der Waals surface area contributed by atoms with Crippen molar-refractivity contribution >= 4 is 17.9 Å². The molecule has 0 amide bonds. The summed E-state index contributed by atoms with van der Waals surface area (Å²) in [5.74, 6) is 0.371. The number of aromatic nitrogens is 1. The minimum absolute atomic E-state index is 0.111. The Morgan fingerprint density at radius 2 is 1.58 bits per heavy atom. The first-order valence-corrected chi connectivity index (χ1v) is 11.5. The van der Waals surface area contributed by atoms with Crippen molar-refractivity contribution in [2.45, 2.75) is 25.3 Å². The van der Waals surface area contributed by atoms with Crippen LogP contribution in [0.15, 0.2) is 90.8 Å². The van der Waals surface area contributed by atoms with E-state index in [1.54, 1.807) is 12.1 Å². The molecule has 0 bridgehead atoms. The summed E-state index contributed by atoms with van der Waals surface area (Å²) in [6, 6.07) is 18.4. The number of benzene rings is 2. The molecule has 1 saturated carbocycles. The predicted octanol–water partition coefficient (Wildman–Crippen LogP) is 5.43. The molecule has 0 spiro atoms. The number of aromatic hydroxyl groups is 1. The predicted molar refractivity (Wildman–Crippen MR) is 133 cm³/mol. The molecule has 3 aromatic rings. The van der Waals surface area contributed by atoms with Crippen LogP contribution < -0.4 is 0 Å². The standard InChI is InChI=1S/C29H28N2O2/c1-2-5-23-17-22(8-13-28(23)32)18-25-20-31(27-11-12-27)19-24(29(25)33)16-21-6-9-26(10-7-21)30-14-3-4-15-30/h2-4,6-10,13-18,27,32H,1,5,11-12,19-20H2/b24-16+,25-18+. The molecule has 1 saturated heterocycles. The smallest absolute Gasteiger partial charge is 0.187 e. The minimum Gasteiger partial charge on any atom is -0.508 e. The average molecular weight is 437 g/mol. The molecule has 2 heterocycles. The molecule has 2 aliphatic rings. The molecule has 4 nitrogen and oxygen atoms in total. The van der Waals surface area contributed by atoms with Gasteiger partial charge in [-0.2, -0.15) is 0 Å². The van der Waals surface area contributed by atoms with Crippen molar-refractivity contribution in [1.29, 1.82) is 0 Å². The zero-order chi connectivity index (χ0) is 22.8. The summed E-state index contributed by atoms with van der Waals surface area (Å²) in [6.07, 6.45) is 12.8. The molecule has 0 radical (unpaired) electrons. The van der Waals surface area contributed by atoms with Crippen LogP contribution in [-0.4, -0.2) is 39.5 Å². The zero-order valence-corrected chi connectivity index (χ0v) is 18.7. The topological polar surface area (TPSA) is 45.5 Å². The molecular weight excluding hydrogens is 408 g/mol. The molecular formula is C29H28N2O2. The number of Topliss-reactive ketones (excluding diaryl/α,β-unsaturated/α-hetero) is 1. The van der Waals surface area contributed by atoms with E-state index in [0.717, 1.165) is 33.5 Å². The summed E-state index contributed by atoms with van der Waals surface area (Å²) in [7, 11) is 0. The number of carbonyl (C=O) groups excluding carboxylic acids is 1. The van der Waals surface area contributed by atoms with Crippen LogP contribution in [-0.2, 0) is 11.2 Å². The molecule has 5 rings (SSSR count). The Balaban J connectivity index is 1.44. The van der Waals surface area contributed by atoms with Gasteiger partial charge < -0.3 is 9.67 Å². The number of piperidine rings is 1. The van der Waals surface area contributed by atoms with Gasteiger partial charge in [0.05, 0.1) is 0 Å². The highest BCUT2D eigenvalue weighted by atomic mass is 16.3. The lowest BCUT2D eigenvalue weighted by atomic mass is 9.93. The van der Waals surface area contributed by atoms with Crippen molar-refractivity contribution in [2.24, 2.45) is 0 Å². The van der Waals surface area contributed by atoms with Gasteiger partial charge in [-0.05, 0) is 84.5 Å². The fourth-order valence-electron chi connectivity index (χ4n) is 4.43. The molecule has 1 aliphatic carbocycles. The monoisotopic (exact) mass is 436 g/mol. The Hall–Kier alpha value is -3.63. The van der Waals surface area contributed by atoms with Gasteiger partial charge in [0.15, 0.2) is 5.78 Å². The van der Waals surface area contributed by atoms with Crippen LogP contribution in [0.4, 0.5) is 0 Å². The first-order valence-electron chi connectivity index (χ1n) is 11.5. The largest absolute Gasteiger partial charge is 0.508 e. The van der Waals surface area contributed by atoms with Gasteiger partial charge in [0.2, 0.25) is 0 Å². The van der Waals surface area contributed by atoms with Crippen LogP contribution in [0.3, 0.4) is 0 Å². The van der Waals surface area contributed by atoms with Crippen molar-refractivity contribution < 1.29 is 9.90 Å². The van der Waals surface area contributed by atoms with E-state index in [0.29, 0.717) is 25.6 Å². The molecule has 1 aliphatic heterocycles. The Morgan fingerprint density at radius 3 is 2.21 bits per heavy atom. The number of hydrogen-bond acceptors (Lipinski definition) is 3. The second-order valence-electron chi connectivity index (χ2n) is 8.87. The van der Waals surface area contributed by atoms with E-state index in [1.807, 2.05) is 48.8 Å². The van der Waals surface area contributed by atoms with E-state index in [1.165, 1.54) is 12.8 Å². The third-order valence-corrected chi connectivity index (χ3v) is 6.34. The molecule has 0 atom stereocenters. The van der Waals surface area contributed by atoms with Crippen LogP contribution in [0.5, 0.6) is 5.75 Å². The van der Waals surface area contributed by atoms with E-state index < -0.39 is 0 Å². The highest BCUT2D eigenvalue weighted by molar-refractivity contribution is 6.14. The molecule has 4 heteroatoms. The van der Waals surface area contributed by atoms with E-state index in [-0.39, 0.29) is 11.5 Å². The number of carbonyl (C=O) groups is 1. The molecule has 1 N–H and O–H groups in total. The SMILES string of the molecule is C=CCc1cc(/C=C2\CN(C3CC3)C/C(=C\c3ccc(-n4cccc4)cc3)C2=O)ccc1O.